The molecule has 1 saturated heterocycles. The van der Waals surface area contributed by atoms with Gasteiger partial charge in [0, 0.05) is 24.4 Å². The Morgan fingerprint density at radius 3 is 3.00 bits per heavy atom. The average Bonchev–Trinajstić information content (AvgIpc) is 3.37. The molecule has 1 unspecified atom stereocenters. The number of nitrogens with one attached hydrogen (secondary N) is 1. The van der Waals surface area contributed by atoms with Gasteiger partial charge in [-0.1, -0.05) is 12.1 Å². The van der Waals surface area contributed by atoms with E-state index in [1.165, 1.54) is 15.6 Å². The summed E-state index contributed by atoms with van der Waals surface area (Å²) in [6.45, 7) is 3.37. The lowest BCUT2D eigenvalue weighted by atomic mass is 10.2. The zero-order valence-electron chi connectivity index (χ0n) is 16.1. The van der Waals surface area contributed by atoms with Crippen LogP contribution in [0.15, 0.2) is 29.2 Å². The third kappa shape index (κ3) is 4.16. The summed E-state index contributed by atoms with van der Waals surface area (Å²) >= 11 is 1.32. The number of hydrogen-bond acceptors (Lipinski definition) is 7. The Balaban J connectivity index is 1.51. The fraction of sp³-hybridized carbons (Fsp3) is 0.474. The fourth-order valence-corrected chi connectivity index (χ4v) is 6.13. The number of anilines is 1. The number of rotatable bonds is 6. The second-order valence-electron chi connectivity index (χ2n) is 6.85. The van der Waals surface area contributed by atoms with Gasteiger partial charge in [-0.05, 0) is 31.9 Å². The summed E-state index contributed by atoms with van der Waals surface area (Å²) in [5.41, 5.74) is 0.835. The number of carbonyl (C=O) groups is 1. The summed E-state index contributed by atoms with van der Waals surface area (Å²) in [5, 5.41) is 3.30. The summed E-state index contributed by atoms with van der Waals surface area (Å²) in [6, 6.07) is 6.67. The number of thiazole rings is 1. The molecular formula is C19H23N3O5S2. The number of fused-ring (bicyclic) bond motifs is 1. The lowest BCUT2D eigenvalue weighted by Gasteiger charge is -2.26. The van der Waals surface area contributed by atoms with Gasteiger partial charge >= 0.3 is 0 Å². The van der Waals surface area contributed by atoms with Crippen molar-refractivity contribution in [3.63, 3.8) is 0 Å². The van der Waals surface area contributed by atoms with Gasteiger partial charge in [-0.3, -0.25) is 10.1 Å². The van der Waals surface area contributed by atoms with Gasteiger partial charge in [0.05, 0.1) is 18.8 Å². The third-order valence-corrected chi connectivity index (χ3v) is 7.80. The van der Waals surface area contributed by atoms with Gasteiger partial charge in [-0.25, -0.2) is 13.4 Å². The Morgan fingerprint density at radius 2 is 2.24 bits per heavy atom. The number of para-hydroxylation sites is 1. The van der Waals surface area contributed by atoms with Crippen molar-refractivity contribution < 1.29 is 22.7 Å². The summed E-state index contributed by atoms with van der Waals surface area (Å²) in [6.07, 6.45) is 1.66. The van der Waals surface area contributed by atoms with Crippen molar-refractivity contribution >= 4 is 32.4 Å². The molecule has 10 heteroatoms. The highest BCUT2D eigenvalue weighted by Crippen LogP contribution is 2.33. The molecule has 4 rings (SSSR count). The maximum atomic E-state index is 13.2. The van der Waals surface area contributed by atoms with Crippen LogP contribution in [0.4, 0.5) is 5.13 Å². The summed E-state index contributed by atoms with van der Waals surface area (Å²) in [5.74, 6) is 0.165. The van der Waals surface area contributed by atoms with Crippen molar-refractivity contribution in [3.05, 3.63) is 34.8 Å². The van der Waals surface area contributed by atoms with Gasteiger partial charge in [0.25, 0.3) is 5.91 Å². The number of ether oxygens (including phenoxy) is 2. The topological polar surface area (TPSA) is 97.8 Å². The van der Waals surface area contributed by atoms with Gasteiger partial charge in [-0.15, -0.1) is 11.3 Å². The Labute approximate surface area is 173 Å². The first-order chi connectivity index (χ1) is 14.0. The second-order valence-corrected chi connectivity index (χ2v) is 9.84. The fourth-order valence-electron chi connectivity index (χ4n) is 3.48. The molecule has 29 heavy (non-hydrogen) atoms. The third-order valence-electron chi connectivity index (χ3n) is 4.92. The molecule has 156 valence electrons. The average molecular weight is 438 g/mol. The lowest BCUT2D eigenvalue weighted by Crippen LogP contribution is -2.35. The van der Waals surface area contributed by atoms with E-state index in [0.717, 1.165) is 17.0 Å². The SMILES string of the molecule is CCOc1ccccc1S(=O)(=O)N1CCc2nc(NC(=O)C3CCCO3)sc2C1. The van der Waals surface area contributed by atoms with Crippen LogP contribution < -0.4 is 10.1 Å². The normalized spacial score (nSPS) is 19.7. The molecule has 2 aromatic rings. The molecule has 1 aromatic heterocycles. The molecule has 1 aromatic carbocycles. The van der Waals surface area contributed by atoms with Crippen molar-refractivity contribution in [2.24, 2.45) is 0 Å². The summed E-state index contributed by atoms with van der Waals surface area (Å²) < 4.78 is 38.7. The molecule has 3 heterocycles. The number of hydrogen-bond donors (Lipinski definition) is 1. The van der Waals surface area contributed by atoms with Crippen LogP contribution in [0.3, 0.4) is 0 Å². The molecular weight excluding hydrogens is 414 g/mol. The lowest BCUT2D eigenvalue weighted by molar-refractivity contribution is -0.124. The molecule has 8 nitrogen and oxygen atoms in total. The molecule has 0 saturated carbocycles. The van der Waals surface area contributed by atoms with E-state index in [1.807, 2.05) is 6.92 Å². The predicted octanol–water partition coefficient (Wildman–Crippen LogP) is 2.41. The Kier molecular flexibility index (Phi) is 5.86. The maximum Gasteiger partial charge on any atom is 0.255 e. The van der Waals surface area contributed by atoms with Gasteiger partial charge in [-0.2, -0.15) is 4.31 Å². The van der Waals surface area contributed by atoms with E-state index in [0.29, 0.717) is 43.5 Å². The van der Waals surface area contributed by atoms with Crippen molar-refractivity contribution in [2.75, 3.05) is 25.1 Å². The minimum atomic E-state index is -3.70. The van der Waals surface area contributed by atoms with Crippen LogP contribution in [0.5, 0.6) is 5.75 Å². The van der Waals surface area contributed by atoms with Crippen LogP contribution in [-0.2, 0) is 32.5 Å². The highest BCUT2D eigenvalue weighted by Gasteiger charge is 2.33. The molecule has 2 aliphatic rings. The zero-order valence-corrected chi connectivity index (χ0v) is 17.7. The largest absolute Gasteiger partial charge is 0.492 e. The predicted molar refractivity (Wildman–Crippen MR) is 109 cm³/mol. The van der Waals surface area contributed by atoms with Crippen molar-refractivity contribution in [1.29, 1.82) is 0 Å². The first-order valence-corrected chi connectivity index (χ1v) is 11.9. The Bertz CT molecular complexity index is 999. The molecule has 1 fully saturated rings. The summed E-state index contributed by atoms with van der Waals surface area (Å²) in [4.78, 5) is 17.7. The molecule has 1 atom stereocenters. The summed E-state index contributed by atoms with van der Waals surface area (Å²) in [7, 11) is -3.70. The number of carbonyl (C=O) groups excluding carboxylic acids is 1. The van der Waals surface area contributed by atoms with E-state index in [9.17, 15) is 13.2 Å². The molecule has 1 N–H and O–H groups in total. The number of benzene rings is 1. The van der Waals surface area contributed by atoms with Crippen LogP contribution in [0.2, 0.25) is 0 Å². The zero-order chi connectivity index (χ0) is 20.4. The standard InChI is InChI=1S/C19H23N3O5S2/c1-2-26-14-6-3-4-8-17(14)29(24,25)22-10-9-13-16(12-22)28-19(20-13)21-18(23)15-7-5-11-27-15/h3-4,6,8,15H,2,5,7,9-12H2,1H3,(H,20,21,23). The van der Waals surface area contributed by atoms with E-state index in [-0.39, 0.29) is 17.3 Å². The van der Waals surface area contributed by atoms with Crippen LogP contribution >= 0.6 is 11.3 Å². The number of amides is 1. The molecule has 0 spiro atoms. The van der Waals surface area contributed by atoms with E-state index >= 15 is 0 Å². The van der Waals surface area contributed by atoms with Gasteiger partial charge < -0.3 is 9.47 Å². The van der Waals surface area contributed by atoms with Crippen LogP contribution in [0.25, 0.3) is 0 Å². The Hall–Kier alpha value is -2.01. The maximum absolute atomic E-state index is 13.2. The van der Waals surface area contributed by atoms with Gasteiger partial charge in [0.15, 0.2) is 5.13 Å². The van der Waals surface area contributed by atoms with E-state index in [1.54, 1.807) is 24.3 Å². The number of sulfonamides is 1. The molecule has 1 amide bonds. The Morgan fingerprint density at radius 1 is 1.41 bits per heavy atom. The smallest absolute Gasteiger partial charge is 0.255 e. The van der Waals surface area contributed by atoms with Crippen molar-refractivity contribution in [1.82, 2.24) is 9.29 Å². The van der Waals surface area contributed by atoms with Crippen molar-refractivity contribution in [2.45, 2.75) is 43.7 Å². The molecule has 0 radical (unpaired) electrons. The van der Waals surface area contributed by atoms with E-state index in [4.69, 9.17) is 9.47 Å². The molecule has 0 bridgehead atoms. The monoisotopic (exact) mass is 437 g/mol. The second kappa shape index (κ2) is 8.39. The number of aromatic nitrogens is 1. The molecule has 0 aliphatic carbocycles. The minimum absolute atomic E-state index is 0.168. The highest BCUT2D eigenvalue weighted by molar-refractivity contribution is 7.89. The highest BCUT2D eigenvalue weighted by atomic mass is 32.2. The van der Waals surface area contributed by atoms with Gasteiger partial charge in [0.1, 0.15) is 16.7 Å². The van der Waals surface area contributed by atoms with Crippen LogP contribution in [0, 0.1) is 0 Å². The van der Waals surface area contributed by atoms with Crippen molar-refractivity contribution in [3.8, 4) is 5.75 Å². The van der Waals surface area contributed by atoms with Crippen LogP contribution in [0.1, 0.15) is 30.3 Å². The number of nitrogens with zero attached hydrogens (tertiary/aromatic N) is 2. The molecule has 2 aliphatic heterocycles. The van der Waals surface area contributed by atoms with Crippen LogP contribution in [-0.4, -0.2) is 49.5 Å². The quantitative estimate of drug-likeness (QED) is 0.745. The van der Waals surface area contributed by atoms with E-state index < -0.39 is 16.1 Å². The first kappa shape index (κ1) is 20.3. The van der Waals surface area contributed by atoms with E-state index in [2.05, 4.69) is 10.3 Å². The van der Waals surface area contributed by atoms with Gasteiger partial charge in [0.2, 0.25) is 10.0 Å². The minimum Gasteiger partial charge on any atom is -0.492 e. The first-order valence-electron chi connectivity index (χ1n) is 9.62.